The number of hydrogen-bond acceptors (Lipinski definition) is 0. The quantitative estimate of drug-likeness (QED) is 0.175. The van der Waals surface area contributed by atoms with Crippen LogP contribution in [0.25, 0.3) is 49.7 Å². The molecule has 0 saturated heterocycles. The Hall–Kier alpha value is -4.59. The molecule has 1 spiro atoms. The average Bonchev–Trinajstić information content (AvgIpc) is 3.46. The van der Waals surface area contributed by atoms with Gasteiger partial charge in [-0.2, -0.15) is 0 Å². The van der Waals surface area contributed by atoms with Crippen molar-refractivity contribution in [1.29, 1.82) is 0 Å². The van der Waals surface area contributed by atoms with Crippen molar-refractivity contribution in [3.63, 3.8) is 0 Å². The van der Waals surface area contributed by atoms with Gasteiger partial charge in [0.1, 0.15) is 0 Å². The molecule has 42 heavy (non-hydrogen) atoms. The number of hydrogen-bond donors (Lipinski definition) is 0. The summed E-state index contributed by atoms with van der Waals surface area (Å²) in [5, 5.41) is 3.37. The van der Waals surface area contributed by atoms with E-state index in [4.69, 9.17) is 11.6 Å². The van der Waals surface area contributed by atoms with Crippen LogP contribution in [-0.2, 0) is 10.8 Å². The van der Waals surface area contributed by atoms with E-state index in [1.165, 1.54) is 77.6 Å². The topological polar surface area (TPSA) is 4.93 Å². The van der Waals surface area contributed by atoms with Crippen molar-refractivity contribution in [2.75, 3.05) is 0 Å². The second kappa shape index (κ2) is 7.43. The molecule has 198 valence electrons. The van der Waals surface area contributed by atoms with Gasteiger partial charge in [0, 0.05) is 37.9 Å². The maximum atomic E-state index is 7.26. The largest absolute Gasteiger partial charge is 0.308 e. The van der Waals surface area contributed by atoms with Crippen LogP contribution in [-0.4, -0.2) is 4.57 Å². The molecule has 0 amide bonds. The Morgan fingerprint density at radius 3 is 1.86 bits per heavy atom. The number of nitrogens with zero attached hydrogens (tertiary/aromatic N) is 1. The normalized spacial score (nSPS) is 15.9. The van der Waals surface area contributed by atoms with E-state index < -0.39 is 5.41 Å². The molecule has 1 aromatic heterocycles. The van der Waals surface area contributed by atoms with E-state index in [0.29, 0.717) is 0 Å². The molecule has 2 heterocycles. The number of para-hydroxylation sites is 2. The molecule has 2 heteroatoms. The first kappa shape index (κ1) is 23.0. The Morgan fingerprint density at radius 2 is 1.10 bits per heavy atom. The van der Waals surface area contributed by atoms with Crippen molar-refractivity contribution in [2.45, 2.75) is 24.7 Å². The lowest BCUT2D eigenvalue weighted by Gasteiger charge is -2.46. The number of benzene rings is 6. The van der Waals surface area contributed by atoms with Gasteiger partial charge in [-0.15, -0.1) is 0 Å². The van der Waals surface area contributed by atoms with Crippen molar-refractivity contribution in [2.24, 2.45) is 0 Å². The van der Waals surface area contributed by atoms with Gasteiger partial charge >= 0.3 is 0 Å². The Kier molecular flexibility index (Phi) is 4.07. The lowest BCUT2D eigenvalue weighted by molar-refractivity contribution is 0.563. The van der Waals surface area contributed by atoms with E-state index in [-0.39, 0.29) is 5.41 Å². The summed E-state index contributed by atoms with van der Waals surface area (Å²) in [4.78, 5) is 0. The zero-order chi connectivity index (χ0) is 28.0. The van der Waals surface area contributed by atoms with E-state index in [1.807, 2.05) is 0 Å². The summed E-state index contributed by atoms with van der Waals surface area (Å²) < 4.78 is 2.50. The molecule has 2 aliphatic carbocycles. The van der Waals surface area contributed by atoms with E-state index >= 15 is 0 Å². The Morgan fingerprint density at radius 1 is 0.500 bits per heavy atom. The van der Waals surface area contributed by atoms with E-state index in [0.717, 1.165) is 10.6 Å². The van der Waals surface area contributed by atoms with Gasteiger partial charge in [-0.1, -0.05) is 129 Å². The van der Waals surface area contributed by atoms with Gasteiger partial charge in [0.25, 0.3) is 0 Å². The molecule has 3 aliphatic rings. The maximum absolute atomic E-state index is 7.26. The van der Waals surface area contributed by atoms with Crippen LogP contribution in [0.15, 0.2) is 121 Å². The molecule has 0 bridgehead atoms. The van der Waals surface area contributed by atoms with Crippen LogP contribution in [0.5, 0.6) is 0 Å². The standard InChI is InChI=1S/C40H26ClN/c1-39(2)26-13-5-7-15-28(26)40(29-16-8-6-14-27(29)39)30-21-22-32(41)35-25-12-4-10-18-34(25)42-33-17-9-3-11-23(33)24-19-20-31(40)37(36(30)35)38(24)42/h3-22H,1-2H3. The Balaban J connectivity index is 1.53. The maximum Gasteiger partial charge on any atom is 0.0720 e. The van der Waals surface area contributed by atoms with Crippen LogP contribution in [0.3, 0.4) is 0 Å². The minimum absolute atomic E-state index is 0.126. The fourth-order valence-corrected chi connectivity index (χ4v) is 9.15. The SMILES string of the molecule is CC1(C)c2ccccc2C2(c3ccccc31)c1ccc(Cl)c3c1-c1c2ccc2c4ccccc4n(c12)-c1ccccc1-3. The summed E-state index contributed by atoms with van der Waals surface area (Å²) in [5.74, 6) is 0. The van der Waals surface area contributed by atoms with Crippen LogP contribution in [0, 0.1) is 0 Å². The van der Waals surface area contributed by atoms with Crippen molar-refractivity contribution in [1.82, 2.24) is 4.57 Å². The molecule has 1 nitrogen and oxygen atoms in total. The predicted molar refractivity (Wildman–Crippen MR) is 174 cm³/mol. The molecule has 1 aliphatic heterocycles. The first-order valence-electron chi connectivity index (χ1n) is 14.7. The molecule has 6 aromatic carbocycles. The highest BCUT2D eigenvalue weighted by Crippen LogP contribution is 2.66. The zero-order valence-corrected chi connectivity index (χ0v) is 24.1. The van der Waals surface area contributed by atoms with Gasteiger partial charge in [0.2, 0.25) is 0 Å². The van der Waals surface area contributed by atoms with Crippen LogP contribution >= 0.6 is 11.6 Å². The van der Waals surface area contributed by atoms with Gasteiger partial charge in [-0.3, -0.25) is 0 Å². The van der Waals surface area contributed by atoms with Crippen LogP contribution in [0.1, 0.15) is 47.2 Å². The Bertz CT molecular complexity index is 2300. The van der Waals surface area contributed by atoms with Crippen molar-refractivity contribution in [3.05, 3.63) is 160 Å². The molecule has 0 N–H and O–H groups in total. The summed E-state index contributed by atoms with van der Waals surface area (Å²) in [6.45, 7) is 4.75. The Labute approximate surface area is 249 Å². The van der Waals surface area contributed by atoms with Crippen LogP contribution in [0.4, 0.5) is 0 Å². The zero-order valence-electron chi connectivity index (χ0n) is 23.4. The molecule has 0 fully saturated rings. The summed E-state index contributed by atoms with van der Waals surface area (Å²) in [6.07, 6.45) is 0. The van der Waals surface area contributed by atoms with Gasteiger partial charge in [-0.25, -0.2) is 0 Å². The fourth-order valence-electron chi connectivity index (χ4n) is 8.89. The number of rotatable bonds is 0. The molecular formula is C40H26ClN. The first-order chi connectivity index (χ1) is 20.5. The minimum atomic E-state index is -0.450. The summed E-state index contributed by atoms with van der Waals surface area (Å²) in [6, 6.07) is 45.2. The molecular weight excluding hydrogens is 530 g/mol. The third kappa shape index (κ3) is 2.36. The summed E-state index contributed by atoms with van der Waals surface area (Å²) in [5.41, 5.74) is 16.2. The molecule has 0 saturated carbocycles. The molecule has 0 radical (unpaired) electrons. The molecule has 10 rings (SSSR count). The van der Waals surface area contributed by atoms with E-state index in [9.17, 15) is 0 Å². The third-order valence-corrected chi connectivity index (χ3v) is 10.8. The predicted octanol–water partition coefficient (Wildman–Crippen LogP) is 10.4. The number of halogens is 1. The van der Waals surface area contributed by atoms with Crippen LogP contribution < -0.4 is 0 Å². The van der Waals surface area contributed by atoms with Gasteiger partial charge in [0.05, 0.1) is 22.1 Å². The van der Waals surface area contributed by atoms with Crippen molar-refractivity contribution >= 4 is 33.4 Å². The average molecular weight is 556 g/mol. The number of fused-ring (bicyclic) bond motifs is 12. The molecule has 0 unspecified atom stereocenters. The van der Waals surface area contributed by atoms with Crippen molar-refractivity contribution < 1.29 is 0 Å². The number of aromatic nitrogens is 1. The lowest BCUT2D eigenvalue weighted by Crippen LogP contribution is -2.40. The molecule has 7 aromatic rings. The highest BCUT2D eigenvalue weighted by molar-refractivity contribution is 6.35. The van der Waals surface area contributed by atoms with E-state index in [2.05, 4.69) is 140 Å². The lowest BCUT2D eigenvalue weighted by atomic mass is 9.55. The van der Waals surface area contributed by atoms with Crippen molar-refractivity contribution in [3.8, 4) is 27.9 Å². The second-order valence-electron chi connectivity index (χ2n) is 12.6. The van der Waals surface area contributed by atoms with E-state index in [1.54, 1.807) is 0 Å². The first-order valence-corrected chi connectivity index (χ1v) is 15.1. The highest BCUT2D eigenvalue weighted by atomic mass is 35.5. The minimum Gasteiger partial charge on any atom is -0.308 e. The van der Waals surface area contributed by atoms with Gasteiger partial charge < -0.3 is 4.57 Å². The monoisotopic (exact) mass is 555 g/mol. The highest BCUT2D eigenvalue weighted by Gasteiger charge is 2.55. The van der Waals surface area contributed by atoms with Crippen LogP contribution in [0.2, 0.25) is 5.02 Å². The second-order valence-corrected chi connectivity index (χ2v) is 13.0. The molecule has 0 atom stereocenters. The van der Waals surface area contributed by atoms with Gasteiger partial charge in [-0.05, 0) is 57.1 Å². The summed E-state index contributed by atoms with van der Waals surface area (Å²) in [7, 11) is 0. The third-order valence-electron chi connectivity index (χ3n) is 10.5. The fraction of sp³-hybridized carbons (Fsp3) is 0.100. The summed E-state index contributed by atoms with van der Waals surface area (Å²) >= 11 is 7.26. The smallest absolute Gasteiger partial charge is 0.0720 e. The van der Waals surface area contributed by atoms with Gasteiger partial charge in [0.15, 0.2) is 0 Å².